The summed E-state index contributed by atoms with van der Waals surface area (Å²) >= 11 is 0. The molecule has 3 nitrogen and oxygen atoms in total. The van der Waals surface area contributed by atoms with Gasteiger partial charge in [0.1, 0.15) is 5.75 Å². The number of hydrogen-bond donors (Lipinski definition) is 2. The summed E-state index contributed by atoms with van der Waals surface area (Å²) in [6.45, 7) is 0.683. The highest BCUT2D eigenvalue weighted by atomic mass is 16.5. The fourth-order valence-electron chi connectivity index (χ4n) is 2.69. The normalized spacial score (nSPS) is 18.0. The molecule has 1 fully saturated rings. The lowest BCUT2D eigenvalue weighted by Crippen LogP contribution is -2.35. The molecule has 0 bridgehead atoms. The summed E-state index contributed by atoms with van der Waals surface area (Å²) < 4.78 is 5.35. The number of benzene rings is 1. The van der Waals surface area contributed by atoms with Crippen molar-refractivity contribution in [2.75, 3.05) is 19.0 Å². The van der Waals surface area contributed by atoms with Gasteiger partial charge in [-0.25, -0.2) is 0 Å². The van der Waals surface area contributed by atoms with Crippen LogP contribution in [0.1, 0.15) is 25.7 Å². The molecule has 1 atom stereocenters. The second-order valence-electron chi connectivity index (χ2n) is 4.73. The first-order valence-corrected chi connectivity index (χ1v) is 6.44. The van der Waals surface area contributed by atoms with Crippen LogP contribution in [0.2, 0.25) is 0 Å². The summed E-state index contributed by atoms with van der Waals surface area (Å²) in [7, 11) is 1.70. The van der Waals surface area contributed by atoms with E-state index in [0.29, 0.717) is 18.5 Å². The van der Waals surface area contributed by atoms with Crippen LogP contribution in [-0.2, 0) is 0 Å². The lowest BCUT2D eigenvalue weighted by Gasteiger charge is -2.25. The van der Waals surface area contributed by atoms with Gasteiger partial charge < -0.3 is 15.8 Å². The smallest absolute Gasteiger partial charge is 0.141 e. The van der Waals surface area contributed by atoms with Crippen LogP contribution in [0.3, 0.4) is 0 Å². The molecule has 1 unspecified atom stereocenters. The average molecular weight is 234 g/mol. The van der Waals surface area contributed by atoms with Crippen LogP contribution in [0, 0.1) is 5.92 Å². The molecule has 0 saturated heterocycles. The zero-order valence-corrected chi connectivity index (χ0v) is 10.5. The molecular weight excluding hydrogens is 212 g/mol. The van der Waals surface area contributed by atoms with Gasteiger partial charge in [-0.05, 0) is 30.9 Å². The Bertz CT molecular complexity index is 348. The van der Waals surface area contributed by atoms with Gasteiger partial charge in [-0.3, -0.25) is 0 Å². The predicted octanol–water partition coefficient (Wildman–Crippen LogP) is 2.62. The average Bonchev–Trinajstić information content (AvgIpc) is 2.90. The molecule has 1 aromatic rings. The van der Waals surface area contributed by atoms with Crippen LogP contribution in [0.25, 0.3) is 0 Å². The van der Waals surface area contributed by atoms with Crippen molar-refractivity contribution in [2.24, 2.45) is 11.7 Å². The zero-order valence-electron chi connectivity index (χ0n) is 10.5. The monoisotopic (exact) mass is 234 g/mol. The number of rotatable bonds is 5. The Hall–Kier alpha value is -1.22. The maximum absolute atomic E-state index is 5.89. The number of nitrogens with one attached hydrogen (secondary N) is 1. The van der Waals surface area contributed by atoms with Gasteiger partial charge in [0.25, 0.3) is 0 Å². The maximum atomic E-state index is 5.89. The van der Waals surface area contributed by atoms with E-state index < -0.39 is 0 Å². The summed E-state index contributed by atoms with van der Waals surface area (Å²) in [6, 6.07) is 8.40. The lowest BCUT2D eigenvalue weighted by atomic mass is 9.98. The van der Waals surface area contributed by atoms with Crippen LogP contribution in [0.15, 0.2) is 24.3 Å². The van der Waals surface area contributed by atoms with Crippen LogP contribution in [0.4, 0.5) is 5.69 Å². The molecule has 0 heterocycles. The quantitative estimate of drug-likeness (QED) is 0.823. The number of anilines is 1. The Labute approximate surface area is 103 Å². The second-order valence-corrected chi connectivity index (χ2v) is 4.73. The van der Waals surface area contributed by atoms with Gasteiger partial charge in [-0.15, -0.1) is 0 Å². The minimum absolute atomic E-state index is 0.369. The highest BCUT2D eigenvalue weighted by Crippen LogP contribution is 2.31. The Morgan fingerprint density at radius 3 is 2.71 bits per heavy atom. The van der Waals surface area contributed by atoms with E-state index in [1.807, 2.05) is 18.2 Å². The Morgan fingerprint density at radius 1 is 1.35 bits per heavy atom. The molecule has 0 aromatic heterocycles. The summed E-state index contributed by atoms with van der Waals surface area (Å²) in [5.74, 6) is 1.61. The van der Waals surface area contributed by atoms with Crippen molar-refractivity contribution < 1.29 is 4.74 Å². The molecule has 1 aromatic carbocycles. The fraction of sp³-hybridized carbons (Fsp3) is 0.571. The SMILES string of the molecule is COc1ccccc1NC(CN)C1CCCC1. The number of para-hydroxylation sites is 2. The van der Waals surface area contributed by atoms with Crippen LogP contribution in [0.5, 0.6) is 5.75 Å². The molecule has 0 amide bonds. The molecule has 0 aliphatic heterocycles. The van der Waals surface area contributed by atoms with E-state index in [1.54, 1.807) is 7.11 Å². The zero-order chi connectivity index (χ0) is 12.1. The molecule has 1 aliphatic carbocycles. The van der Waals surface area contributed by atoms with Crippen LogP contribution in [-0.4, -0.2) is 19.7 Å². The highest BCUT2D eigenvalue weighted by Gasteiger charge is 2.24. The molecule has 94 valence electrons. The van der Waals surface area contributed by atoms with E-state index in [4.69, 9.17) is 10.5 Å². The summed E-state index contributed by atoms with van der Waals surface area (Å²) in [5, 5.41) is 3.54. The second kappa shape index (κ2) is 5.92. The standard InChI is InChI=1S/C14H22N2O/c1-17-14-9-5-4-8-12(14)16-13(10-15)11-6-2-3-7-11/h4-5,8-9,11,13,16H,2-3,6-7,10,15H2,1H3. The van der Waals surface area contributed by atoms with E-state index in [9.17, 15) is 0 Å². The molecule has 17 heavy (non-hydrogen) atoms. The van der Waals surface area contributed by atoms with Crippen molar-refractivity contribution >= 4 is 5.69 Å². The minimum atomic E-state index is 0.369. The van der Waals surface area contributed by atoms with Crippen LogP contribution < -0.4 is 15.8 Å². The van der Waals surface area contributed by atoms with Crippen molar-refractivity contribution in [3.8, 4) is 5.75 Å². The third-order valence-corrected chi connectivity index (χ3v) is 3.67. The predicted molar refractivity (Wildman–Crippen MR) is 71.4 cm³/mol. The largest absolute Gasteiger partial charge is 0.495 e. The van der Waals surface area contributed by atoms with E-state index in [-0.39, 0.29) is 0 Å². The van der Waals surface area contributed by atoms with E-state index in [0.717, 1.165) is 11.4 Å². The van der Waals surface area contributed by atoms with E-state index >= 15 is 0 Å². The van der Waals surface area contributed by atoms with Gasteiger partial charge >= 0.3 is 0 Å². The molecule has 3 heteroatoms. The Morgan fingerprint density at radius 2 is 2.06 bits per heavy atom. The molecular formula is C14H22N2O. The van der Waals surface area contributed by atoms with Gasteiger partial charge in [0, 0.05) is 12.6 Å². The van der Waals surface area contributed by atoms with Crippen molar-refractivity contribution in [1.82, 2.24) is 0 Å². The summed E-state index contributed by atoms with van der Waals surface area (Å²) in [5.41, 5.74) is 6.94. The number of nitrogens with two attached hydrogens (primary N) is 1. The maximum Gasteiger partial charge on any atom is 0.141 e. The van der Waals surface area contributed by atoms with E-state index in [2.05, 4.69) is 11.4 Å². The molecule has 0 radical (unpaired) electrons. The lowest BCUT2D eigenvalue weighted by molar-refractivity contribution is 0.412. The number of ether oxygens (including phenoxy) is 1. The molecule has 1 aliphatic rings. The Balaban J connectivity index is 2.06. The van der Waals surface area contributed by atoms with Crippen molar-refractivity contribution in [1.29, 1.82) is 0 Å². The van der Waals surface area contributed by atoms with Gasteiger partial charge in [-0.1, -0.05) is 25.0 Å². The molecule has 2 rings (SSSR count). The number of hydrogen-bond acceptors (Lipinski definition) is 3. The first-order valence-electron chi connectivity index (χ1n) is 6.44. The summed E-state index contributed by atoms with van der Waals surface area (Å²) in [6.07, 6.45) is 5.28. The van der Waals surface area contributed by atoms with Gasteiger partial charge in [0.15, 0.2) is 0 Å². The third-order valence-electron chi connectivity index (χ3n) is 3.67. The van der Waals surface area contributed by atoms with Crippen molar-refractivity contribution in [2.45, 2.75) is 31.7 Å². The first kappa shape index (κ1) is 12.2. The van der Waals surface area contributed by atoms with Crippen molar-refractivity contribution in [3.05, 3.63) is 24.3 Å². The van der Waals surface area contributed by atoms with Gasteiger partial charge in [0.2, 0.25) is 0 Å². The molecule has 3 N–H and O–H groups in total. The topological polar surface area (TPSA) is 47.3 Å². The molecule has 1 saturated carbocycles. The first-order chi connectivity index (χ1) is 8.35. The van der Waals surface area contributed by atoms with Crippen molar-refractivity contribution in [3.63, 3.8) is 0 Å². The molecule has 0 spiro atoms. The van der Waals surface area contributed by atoms with Gasteiger partial charge in [0.05, 0.1) is 12.8 Å². The third kappa shape index (κ3) is 2.91. The minimum Gasteiger partial charge on any atom is -0.495 e. The summed E-state index contributed by atoms with van der Waals surface area (Å²) in [4.78, 5) is 0. The van der Waals surface area contributed by atoms with Crippen LogP contribution >= 0.6 is 0 Å². The Kier molecular flexibility index (Phi) is 4.26. The number of methoxy groups -OCH3 is 1. The van der Waals surface area contributed by atoms with E-state index in [1.165, 1.54) is 25.7 Å². The fourth-order valence-corrected chi connectivity index (χ4v) is 2.69. The van der Waals surface area contributed by atoms with Gasteiger partial charge in [-0.2, -0.15) is 0 Å². The highest BCUT2D eigenvalue weighted by molar-refractivity contribution is 5.56.